The van der Waals surface area contributed by atoms with E-state index in [1.54, 1.807) is 24.1 Å². The number of nitrogens with one attached hydrogen (secondary N) is 2. The molecule has 1 aliphatic rings. The van der Waals surface area contributed by atoms with Gasteiger partial charge < -0.3 is 15.4 Å². The number of carbonyl (C=O) groups excluding carboxylic acids is 2. The Bertz CT molecular complexity index is 791. The van der Waals surface area contributed by atoms with Gasteiger partial charge >= 0.3 is 5.97 Å². The van der Waals surface area contributed by atoms with Crippen LogP contribution in [0.3, 0.4) is 0 Å². The van der Waals surface area contributed by atoms with Crippen LogP contribution >= 0.6 is 23.1 Å². The molecule has 1 aromatic carbocycles. The molecule has 1 amide bonds. The molecular formula is C21H27N3O3S2. The highest BCUT2D eigenvalue weighted by molar-refractivity contribution is 7.98. The molecule has 0 spiro atoms. The Morgan fingerprint density at radius 2 is 2.07 bits per heavy atom. The second-order valence-electron chi connectivity index (χ2n) is 6.87. The Morgan fingerprint density at radius 3 is 2.79 bits per heavy atom. The molecule has 1 saturated heterocycles. The van der Waals surface area contributed by atoms with Crippen LogP contribution in [0, 0.1) is 0 Å². The first-order valence-electron chi connectivity index (χ1n) is 9.92. The van der Waals surface area contributed by atoms with Crippen molar-refractivity contribution in [3.8, 4) is 0 Å². The lowest BCUT2D eigenvalue weighted by atomic mass is 9.99. The molecule has 0 bridgehead atoms. The van der Waals surface area contributed by atoms with Crippen LogP contribution in [0.5, 0.6) is 0 Å². The highest BCUT2D eigenvalue weighted by atomic mass is 32.2. The average Bonchev–Trinajstić information content (AvgIpc) is 3.25. The molecule has 0 saturated carbocycles. The minimum Gasteiger partial charge on any atom is -0.464 e. The lowest BCUT2D eigenvalue weighted by Gasteiger charge is -2.20. The minimum absolute atomic E-state index is 0.283. The van der Waals surface area contributed by atoms with Crippen molar-refractivity contribution in [2.24, 2.45) is 0 Å². The first-order valence-corrected chi connectivity index (χ1v) is 12.0. The molecule has 0 aliphatic carbocycles. The number of nitrogens with zero attached hydrogens (tertiary/aromatic N) is 1. The van der Waals surface area contributed by atoms with Gasteiger partial charge in [-0.1, -0.05) is 30.3 Å². The molecule has 1 unspecified atom stereocenters. The van der Waals surface area contributed by atoms with E-state index >= 15 is 0 Å². The van der Waals surface area contributed by atoms with Crippen molar-refractivity contribution in [3.63, 3.8) is 0 Å². The van der Waals surface area contributed by atoms with E-state index in [0.29, 0.717) is 17.4 Å². The van der Waals surface area contributed by atoms with Crippen LogP contribution in [0.2, 0.25) is 0 Å². The maximum Gasteiger partial charge on any atom is 0.329 e. The quantitative estimate of drug-likeness (QED) is 0.591. The van der Waals surface area contributed by atoms with Crippen LogP contribution in [0.25, 0.3) is 0 Å². The summed E-state index contributed by atoms with van der Waals surface area (Å²) < 4.78 is 5.15. The Kier molecular flexibility index (Phi) is 8.52. The van der Waals surface area contributed by atoms with Crippen LogP contribution in [0.15, 0.2) is 35.7 Å². The van der Waals surface area contributed by atoms with Gasteiger partial charge in [0.1, 0.15) is 11.7 Å². The predicted molar refractivity (Wildman–Crippen MR) is 117 cm³/mol. The number of aromatic nitrogens is 1. The van der Waals surface area contributed by atoms with Gasteiger partial charge in [0.25, 0.3) is 5.91 Å². The van der Waals surface area contributed by atoms with Gasteiger partial charge in [0.15, 0.2) is 0 Å². The lowest BCUT2D eigenvalue weighted by molar-refractivity contribution is -0.144. The maximum atomic E-state index is 12.7. The normalized spacial score (nSPS) is 15.6. The van der Waals surface area contributed by atoms with Crippen molar-refractivity contribution in [2.75, 3.05) is 25.4 Å². The number of hydrogen-bond donors (Lipinski definition) is 2. The largest absolute Gasteiger partial charge is 0.464 e. The standard InChI is InChI=1S/C21H27N3O3S2/c1-2-27-21(26)18(13-28-12-15-6-4-3-5-7-15)23-19(25)17-14-29-20(24-17)16-8-10-22-11-9-16/h3-7,14,16,18,22H,2,8-13H2,1H3,(H,23,25). The molecule has 2 heterocycles. The molecule has 0 radical (unpaired) electrons. The predicted octanol–water partition coefficient (Wildman–Crippen LogP) is 3.21. The molecule has 1 aliphatic heterocycles. The zero-order valence-electron chi connectivity index (χ0n) is 16.6. The van der Waals surface area contributed by atoms with Crippen molar-refractivity contribution in [3.05, 3.63) is 52.0 Å². The highest BCUT2D eigenvalue weighted by Crippen LogP contribution is 2.28. The van der Waals surface area contributed by atoms with Crippen LogP contribution in [0.1, 0.15) is 46.7 Å². The molecule has 1 aromatic heterocycles. The summed E-state index contributed by atoms with van der Waals surface area (Å²) in [6.07, 6.45) is 2.08. The first kappa shape index (κ1) is 21.8. The van der Waals surface area contributed by atoms with E-state index in [0.717, 1.165) is 36.7 Å². The zero-order chi connectivity index (χ0) is 20.5. The number of hydrogen-bond acceptors (Lipinski definition) is 7. The number of esters is 1. The summed E-state index contributed by atoms with van der Waals surface area (Å²) in [6.45, 7) is 4.01. The Morgan fingerprint density at radius 1 is 1.31 bits per heavy atom. The molecule has 1 fully saturated rings. The second kappa shape index (κ2) is 11.3. The third kappa shape index (κ3) is 6.55. The third-order valence-corrected chi connectivity index (χ3v) is 6.83. The second-order valence-corrected chi connectivity index (χ2v) is 8.79. The van der Waals surface area contributed by atoms with E-state index in [9.17, 15) is 9.59 Å². The van der Waals surface area contributed by atoms with Gasteiger partial charge in [0, 0.05) is 22.8 Å². The number of benzene rings is 1. The van der Waals surface area contributed by atoms with E-state index in [-0.39, 0.29) is 12.5 Å². The SMILES string of the molecule is CCOC(=O)C(CSCc1ccccc1)NC(=O)c1csc(C2CCNCC2)n1. The molecule has 8 heteroatoms. The van der Waals surface area contributed by atoms with E-state index < -0.39 is 12.0 Å². The van der Waals surface area contributed by atoms with E-state index in [4.69, 9.17) is 4.74 Å². The van der Waals surface area contributed by atoms with Crippen LogP contribution in [0.4, 0.5) is 0 Å². The van der Waals surface area contributed by atoms with Crippen LogP contribution in [-0.4, -0.2) is 48.4 Å². The fourth-order valence-corrected chi connectivity index (χ4v) is 5.13. The van der Waals surface area contributed by atoms with E-state index in [1.165, 1.54) is 16.9 Å². The molecule has 29 heavy (non-hydrogen) atoms. The summed E-state index contributed by atoms with van der Waals surface area (Å²) in [7, 11) is 0. The van der Waals surface area contributed by atoms with Crippen molar-refractivity contribution in [2.45, 2.75) is 37.5 Å². The highest BCUT2D eigenvalue weighted by Gasteiger charge is 2.25. The summed E-state index contributed by atoms with van der Waals surface area (Å²) in [4.78, 5) is 29.6. The van der Waals surface area contributed by atoms with Gasteiger partial charge in [-0.15, -0.1) is 11.3 Å². The zero-order valence-corrected chi connectivity index (χ0v) is 18.2. The number of thiazole rings is 1. The Balaban J connectivity index is 1.58. The van der Waals surface area contributed by atoms with Crippen LogP contribution < -0.4 is 10.6 Å². The topological polar surface area (TPSA) is 80.3 Å². The lowest BCUT2D eigenvalue weighted by Crippen LogP contribution is -2.43. The summed E-state index contributed by atoms with van der Waals surface area (Å²) in [5, 5.41) is 8.94. The summed E-state index contributed by atoms with van der Waals surface area (Å²) in [5.74, 6) is 0.897. The van der Waals surface area contributed by atoms with Gasteiger partial charge in [-0.3, -0.25) is 4.79 Å². The van der Waals surface area contributed by atoms with Crippen LogP contribution in [-0.2, 0) is 15.3 Å². The van der Waals surface area contributed by atoms with E-state index in [1.807, 2.05) is 30.3 Å². The number of carbonyl (C=O) groups is 2. The fourth-order valence-electron chi connectivity index (χ4n) is 3.16. The van der Waals surface area contributed by atoms with Gasteiger partial charge in [-0.25, -0.2) is 9.78 Å². The summed E-state index contributed by atoms with van der Waals surface area (Å²) in [5.41, 5.74) is 1.56. The van der Waals surface area contributed by atoms with Gasteiger partial charge in [-0.2, -0.15) is 11.8 Å². The van der Waals surface area contributed by atoms with Crippen molar-refractivity contribution in [1.82, 2.24) is 15.6 Å². The molecule has 2 aromatic rings. The maximum absolute atomic E-state index is 12.7. The fraction of sp³-hybridized carbons (Fsp3) is 0.476. The summed E-state index contributed by atoms with van der Waals surface area (Å²) in [6, 6.07) is 9.35. The Labute approximate surface area is 179 Å². The molecule has 6 nitrogen and oxygen atoms in total. The van der Waals surface area contributed by atoms with Gasteiger partial charge in [0.2, 0.25) is 0 Å². The molecular weight excluding hydrogens is 406 g/mol. The van der Waals surface area contributed by atoms with Crippen molar-refractivity contribution >= 4 is 35.0 Å². The molecule has 1 atom stereocenters. The number of ether oxygens (including phenoxy) is 1. The number of rotatable bonds is 9. The van der Waals surface area contributed by atoms with Crippen molar-refractivity contribution in [1.29, 1.82) is 0 Å². The molecule has 3 rings (SSSR count). The first-order chi connectivity index (χ1) is 14.2. The number of piperidine rings is 1. The number of amides is 1. The minimum atomic E-state index is -0.694. The number of thioether (sulfide) groups is 1. The van der Waals surface area contributed by atoms with E-state index in [2.05, 4.69) is 15.6 Å². The third-order valence-electron chi connectivity index (χ3n) is 4.72. The van der Waals surface area contributed by atoms with Gasteiger partial charge in [-0.05, 0) is 38.4 Å². The Hall–Kier alpha value is -1.90. The molecule has 156 valence electrons. The smallest absolute Gasteiger partial charge is 0.329 e. The molecule has 2 N–H and O–H groups in total. The monoisotopic (exact) mass is 433 g/mol. The summed E-state index contributed by atoms with van der Waals surface area (Å²) >= 11 is 3.12. The van der Waals surface area contributed by atoms with Gasteiger partial charge in [0.05, 0.1) is 11.6 Å². The average molecular weight is 434 g/mol. The van der Waals surface area contributed by atoms with Crippen molar-refractivity contribution < 1.29 is 14.3 Å².